The highest BCUT2D eigenvalue weighted by Gasteiger charge is 2.39. The molecule has 0 aromatic carbocycles. The summed E-state index contributed by atoms with van der Waals surface area (Å²) in [5, 5.41) is 0. The van der Waals surface area contributed by atoms with E-state index in [0.29, 0.717) is 0 Å². The lowest BCUT2D eigenvalue weighted by molar-refractivity contribution is -0.122. The molecule has 0 aromatic rings. The Labute approximate surface area is 98.8 Å². The van der Waals surface area contributed by atoms with Gasteiger partial charge in [0.25, 0.3) is 0 Å². The molecule has 0 radical (unpaired) electrons. The number of thiol groups is 1. The largest absolute Gasteiger partial charge is 0.368 e. The van der Waals surface area contributed by atoms with Crippen LogP contribution in [-0.2, 0) is 4.79 Å². The smallest absolute Gasteiger partial charge is 0.234 e. The molecular weight excluding hydrogens is 208 g/mol. The molecule has 3 nitrogen and oxygen atoms in total. The van der Waals surface area contributed by atoms with Crippen LogP contribution in [0.2, 0.25) is 0 Å². The maximum Gasteiger partial charge on any atom is 0.234 e. The molecule has 0 aromatic heterocycles. The average molecular weight is 232 g/mol. The number of carbonyl (C=O) groups excluding carboxylic acids is 1. The molecule has 0 spiro atoms. The second-order valence-electron chi connectivity index (χ2n) is 3.94. The molecule has 0 saturated carbocycles. The molecule has 0 aliphatic rings. The van der Waals surface area contributed by atoms with Gasteiger partial charge in [0.15, 0.2) is 0 Å². The molecule has 0 heterocycles. The molecule has 1 amide bonds. The molecule has 0 saturated heterocycles. The summed E-state index contributed by atoms with van der Waals surface area (Å²) in [7, 11) is 0. The standard InChI is InChI=1S/C11H24N2OS/c1-5-8-11(15,10(12)14)9(4)13(6-2)7-3/h9,15H,5-8H2,1-4H3,(H2,12,14). The van der Waals surface area contributed by atoms with E-state index in [-0.39, 0.29) is 11.9 Å². The Hall–Kier alpha value is -0.220. The van der Waals surface area contributed by atoms with Gasteiger partial charge in [-0.3, -0.25) is 9.69 Å². The maximum absolute atomic E-state index is 11.5. The van der Waals surface area contributed by atoms with E-state index in [4.69, 9.17) is 5.73 Å². The van der Waals surface area contributed by atoms with Crippen LogP contribution in [0, 0.1) is 0 Å². The normalized spacial score (nSPS) is 17.5. The number of rotatable bonds is 7. The highest BCUT2D eigenvalue weighted by atomic mass is 32.1. The molecule has 0 rings (SSSR count). The van der Waals surface area contributed by atoms with Crippen LogP contribution in [-0.4, -0.2) is 34.7 Å². The molecule has 0 aliphatic heterocycles. The Morgan fingerprint density at radius 3 is 2.13 bits per heavy atom. The first-order valence-corrected chi connectivity index (χ1v) is 6.15. The lowest BCUT2D eigenvalue weighted by Gasteiger charge is -2.38. The second-order valence-corrected chi connectivity index (χ2v) is 4.73. The third-order valence-electron chi connectivity index (χ3n) is 3.11. The van der Waals surface area contributed by atoms with Gasteiger partial charge in [-0.05, 0) is 26.4 Å². The molecule has 4 heteroatoms. The van der Waals surface area contributed by atoms with Crippen LogP contribution in [0.3, 0.4) is 0 Å². The summed E-state index contributed by atoms with van der Waals surface area (Å²) in [5.41, 5.74) is 5.46. The van der Waals surface area contributed by atoms with Crippen molar-refractivity contribution >= 4 is 18.5 Å². The number of carbonyl (C=O) groups is 1. The van der Waals surface area contributed by atoms with Gasteiger partial charge in [-0.1, -0.05) is 27.2 Å². The Kier molecular flexibility index (Phi) is 6.29. The van der Waals surface area contributed by atoms with Gasteiger partial charge in [0.1, 0.15) is 4.75 Å². The SMILES string of the molecule is CCCC(S)(C(N)=O)C(C)N(CC)CC. The Morgan fingerprint density at radius 1 is 1.40 bits per heavy atom. The van der Waals surface area contributed by atoms with E-state index in [9.17, 15) is 4.79 Å². The lowest BCUT2D eigenvalue weighted by Crippen LogP contribution is -2.54. The molecule has 0 fully saturated rings. The van der Waals surface area contributed by atoms with Crippen molar-refractivity contribution in [1.29, 1.82) is 0 Å². The molecule has 2 unspecified atom stereocenters. The minimum atomic E-state index is -0.708. The zero-order valence-corrected chi connectivity index (χ0v) is 11.2. The molecule has 90 valence electrons. The van der Waals surface area contributed by atoms with Gasteiger partial charge in [-0.25, -0.2) is 0 Å². The summed E-state index contributed by atoms with van der Waals surface area (Å²) in [5.74, 6) is -0.313. The van der Waals surface area contributed by atoms with Crippen LogP contribution >= 0.6 is 12.6 Å². The lowest BCUT2D eigenvalue weighted by atomic mass is 9.92. The Morgan fingerprint density at radius 2 is 1.87 bits per heavy atom. The fourth-order valence-electron chi connectivity index (χ4n) is 1.99. The van der Waals surface area contributed by atoms with Crippen molar-refractivity contribution in [2.45, 2.75) is 51.3 Å². The van der Waals surface area contributed by atoms with Gasteiger partial charge < -0.3 is 5.73 Å². The van der Waals surface area contributed by atoms with E-state index in [1.54, 1.807) is 0 Å². The molecule has 2 atom stereocenters. The van der Waals surface area contributed by atoms with Gasteiger partial charge in [0.2, 0.25) is 5.91 Å². The summed E-state index contributed by atoms with van der Waals surface area (Å²) in [4.78, 5) is 13.7. The van der Waals surface area contributed by atoms with Crippen molar-refractivity contribution < 1.29 is 4.79 Å². The Balaban J connectivity index is 4.82. The zero-order chi connectivity index (χ0) is 12.1. The van der Waals surface area contributed by atoms with Crippen molar-refractivity contribution in [3.63, 3.8) is 0 Å². The highest BCUT2D eigenvalue weighted by Crippen LogP contribution is 2.28. The van der Waals surface area contributed by atoms with Gasteiger partial charge >= 0.3 is 0 Å². The van der Waals surface area contributed by atoms with E-state index >= 15 is 0 Å². The van der Waals surface area contributed by atoms with E-state index in [2.05, 4.69) is 31.4 Å². The molecule has 2 N–H and O–H groups in total. The number of primary amides is 1. The van der Waals surface area contributed by atoms with E-state index < -0.39 is 4.75 Å². The van der Waals surface area contributed by atoms with Crippen LogP contribution in [0.15, 0.2) is 0 Å². The van der Waals surface area contributed by atoms with Crippen LogP contribution < -0.4 is 5.73 Å². The third kappa shape index (κ3) is 3.38. The number of nitrogens with zero attached hydrogens (tertiary/aromatic N) is 1. The van der Waals surface area contributed by atoms with E-state index in [1.165, 1.54) is 0 Å². The first kappa shape index (κ1) is 14.8. The first-order valence-electron chi connectivity index (χ1n) is 5.70. The minimum absolute atomic E-state index is 0.0771. The third-order valence-corrected chi connectivity index (χ3v) is 3.93. The van der Waals surface area contributed by atoms with Crippen LogP contribution in [0.5, 0.6) is 0 Å². The molecule has 15 heavy (non-hydrogen) atoms. The van der Waals surface area contributed by atoms with Crippen molar-refractivity contribution in [2.75, 3.05) is 13.1 Å². The van der Waals surface area contributed by atoms with Gasteiger partial charge in [0, 0.05) is 6.04 Å². The first-order chi connectivity index (χ1) is 6.93. The van der Waals surface area contributed by atoms with Crippen molar-refractivity contribution in [1.82, 2.24) is 4.90 Å². The quantitative estimate of drug-likeness (QED) is 0.656. The number of hydrogen-bond donors (Lipinski definition) is 2. The predicted octanol–water partition coefficient (Wildman–Crippen LogP) is 1.67. The van der Waals surface area contributed by atoms with Crippen molar-refractivity contribution in [2.24, 2.45) is 5.73 Å². The number of nitrogens with two attached hydrogens (primary N) is 1. The highest BCUT2D eigenvalue weighted by molar-refractivity contribution is 7.82. The van der Waals surface area contributed by atoms with E-state index in [1.807, 2.05) is 13.8 Å². The fraction of sp³-hybridized carbons (Fsp3) is 0.909. The van der Waals surface area contributed by atoms with Crippen LogP contribution in [0.25, 0.3) is 0 Å². The zero-order valence-electron chi connectivity index (χ0n) is 10.3. The fourth-order valence-corrected chi connectivity index (χ4v) is 2.38. The summed E-state index contributed by atoms with van der Waals surface area (Å²) in [6.45, 7) is 10.1. The van der Waals surface area contributed by atoms with Crippen LogP contribution in [0.4, 0.5) is 0 Å². The maximum atomic E-state index is 11.5. The van der Waals surface area contributed by atoms with Gasteiger partial charge in [-0.2, -0.15) is 12.6 Å². The molecule has 0 aliphatic carbocycles. The Bertz CT molecular complexity index is 207. The van der Waals surface area contributed by atoms with Crippen molar-refractivity contribution in [3.8, 4) is 0 Å². The topological polar surface area (TPSA) is 46.3 Å². The summed E-state index contributed by atoms with van der Waals surface area (Å²) >= 11 is 4.52. The predicted molar refractivity (Wildman–Crippen MR) is 68.2 cm³/mol. The van der Waals surface area contributed by atoms with Gasteiger partial charge in [0.05, 0.1) is 0 Å². The molecular formula is C11H24N2OS. The van der Waals surface area contributed by atoms with E-state index in [0.717, 1.165) is 25.9 Å². The van der Waals surface area contributed by atoms with Crippen LogP contribution in [0.1, 0.15) is 40.5 Å². The molecule has 0 bridgehead atoms. The number of hydrogen-bond acceptors (Lipinski definition) is 3. The monoisotopic (exact) mass is 232 g/mol. The summed E-state index contributed by atoms with van der Waals surface area (Å²) < 4.78 is -0.708. The summed E-state index contributed by atoms with van der Waals surface area (Å²) in [6.07, 6.45) is 1.64. The number of amides is 1. The van der Waals surface area contributed by atoms with Crippen molar-refractivity contribution in [3.05, 3.63) is 0 Å². The summed E-state index contributed by atoms with van der Waals surface area (Å²) in [6, 6.07) is 0.0771. The second kappa shape index (κ2) is 6.38. The average Bonchev–Trinajstić information content (AvgIpc) is 2.19. The minimum Gasteiger partial charge on any atom is -0.368 e. The van der Waals surface area contributed by atoms with Gasteiger partial charge in [-0.15, -0.1) is 0 Å².